The highest BCUT2D eigenvalue weighted by Crippen LogP contribution is 2.23. The number of hydrogen-bond acceptors (Lipinski definition) is 2. The van der Waals surface area contributed by atoms with Crippen molar-refractivity contribution in [3.63, 3.8) is 0 Å². The van der Waals surface area contributed by atoms with Gasteiger partial charge in [-0.2, -0.15) is 13.2 Å². The van der Waals surface area contributed by atoms with Crippen LogP contribution in [-0.4, -0.2) is 29.2 Å². The molecule has 0 rings (SSSR count). The minimum absolute atomic E-state index is 0.0650. The van der Waals surface area contributed by atoms with E-state index in [0.29, 0.717) is 6.42 Å². The molecule has 3 nitrogen and oxygen atoms in total. The molecule has 0 spiro atoms. The maximum absolute atomic E-state index is 12.2. The quantitative estimate of drug-likeness (QED) is 0.787. The number of rotatable bonds is 5. The highest BCUT2D eigenvalue weighted by atomic mass is 79.9. The number of ketones is 1. The molecule has 0 bridgehead atoms. The van der Waals surface area contributed by atoms with Crippen LogP contribution in [0.1, 0.15) is 33.6 Å². The van der Waals surface area contributed by atoms with E-state index in [9.17, 15) is 22.8 Å². The Kier molecular flexibility index (Phi) is 6.33. The van der Waals surface area contributed by atoms with Crippen molar-refractivity contribution in [1.29, 1.82) is 0 Å². The van der Waals surface area contributed by atoms with Gasteiger partial charge in [-0.25, -0.2) is 0 Å². The molecule has 1 N–H and O–H groups in total. The zero-order chi connectivity index (χ0) is 14.6. The molecule has 1 amide bonds. The zero-order valence-corrected chi connectivity index (χ0v) is 12.1. The molecule has 0 saturated carbocycles. The van der Waals surface area contributed by atoms with Crippen LogP contribution >= 0.6 is 15.9 Å². The molecule has 0 radical (unpaired) electrons. The Labute approximate surface area is 113 Å². The molecule has 0 heterocycles. The van der Waals surface area contributed by atoms with E-state index in [2.05, 4.69) is 15.9 Å². The Morgan fingerprint density at radius 2 is 1.72 bits per heavy atom. The summed E-state index contributed by atoms with van der Waals surface area (Å²) in [7, 11) is 0. The molecule has 0 aromatic heterocycles. The average Bonchev–Trinajstić information content (AvgIpc) is 2.13. The van der Waals surface area contributed by atoms with Crippen LogP contribution in [0.4, 0.5) is 13.2 Å². The number of carbonyl (C=O) groups excluding carboxylic acids is 2. The van der Waals surface area contributed by atoms with Gasteiger partial charge < -0.3 is 5.32 Å². The summed E-state index contributed by atoms with van der Waals surface area (Å²) in [6.07, 6.45) is -4.73. The Hall–Kier alpha value is -0.590. The van der Waals surface area contributed by atoms with E-state index in [1.54, 1.807) is 0 Å². The Bertz CT molecular complexity index is 310. The van der Waals surface area contributed by atoms with Crippen LogP contribution in [0, 0.1) is 5.41 Å². The van der Waals surface area contributed by atoms with E-state index >= 15 is 0 Å². The standard InChI is InChI=1S/C11H17BrF3NO2/c1-10(2,3)5-7(4-8(17)6-12)16-9(18)11(13,14)15/h7H,4-6H2,1-3H3,(H,16,18). The minimum atomic E-state index is -4.92. The molecule has 0 aromatic carbocycles. The molecular formula is C11H17BrF3NO2. The molecule has 1 unspecified atom stereocenters. The third kappa shape index (κ3) is 7.68. The lowest BCUT2D eigenvalue weighted by Gasteiger charge is -2.26. The van der Waals surface area contributed by atoms with Gasteiger partial charge in [0.05, 0.1) is 5.33 Å². The van der Waals surface area contributed by atoms with Gasteiger partial charge in [0, 0.05) is 12.5 Å². The fourth-order valence-electron chi connectivity index (χ4n) is 1.51. The summed E-state index contributed by atoms with van der Waals surface area (Å²) >= 11 is 2.94. The Morgan fingerprint density at radius 1 is 1.22 bits per heavy atom. The largest absolute Gasteiger partial charge is 0.471 e. The van der Waals surface area contributed by atoms with Crippen molar-refractivity contribution < 1.29 is 22.8 Å². The van der Waals surface area contributed by atoms with E-state index < -0.39 is 18.1 Å². The highest BCUT2D eigenvalue weighted by Gasteiger charge is 2.40. The van der Waals surface area contributed by atoms with Gasteiger partial charge in [0.15, 0.2) is 0 Å². The highest BCUT2D eigenvalue weighted by molar-refractivity contribution is 9.09. The molecule has 0 aliphatic heterocycles. The zero-order valence-electron chi connectivity index (χ0n) is 10.5. The Balaban J connectivity index is 4.67. The van der Waals surface area contributed by atoms with Crippen LogP contribution in [0.5, 0.6) is 0 Å². The van der Waals surface area contributed by atoms with E-state index in [1.807, 2.05) is 26.1 Å². The maximum Gasteiger partial charge on any atom is 0.471 e. The van der Waals surface area contributed by atoms with Gasteiger partial charge in [-0.15, -0.1) is 0 Å². The first-order valence-corrected chi connectivity index (χ1v) is 6.53. The first-order valence-electron chi connectivity index (χ1n) is 5.41. The average molecular weight is 332 g/mol. The van der Waals surface area contributed by atoms with Crippen molar-refractivity contribution in [3.05, 3.63) is 0 Å². The van der Waals surface area contributed by atoms with E-state index in [0.717, 1.165) is 0 Å². The predicted octanol–water partition coefficient (Wildman–Crippen LogP) is 2.82. The van der Waals surface area contributed by atoms with Gasteiger partial charge in [-0.3, -0.25) is 9.59 Å². The van der Waals surface area contributed by atoms with Crippen LogP contribution in [0.25, 0.3) is 0 Å². The Morgan fingerprint density at radius 3 is 2.06 bits per heavy atom. The van der Waals surface area contributed by atoms with Gasteiger partial charge in [0.1, 0.15) is 5.78 Å². The maximum atomic E-state index is 12.2. The molecule has 106 valence electrons. The third-order valence-corrected chi connectivity index (χ3v) is 2.70. The van der Waals surface area contributed by atoms with E-state index in [1.165, 1.54) is 0 Å². The second-order valence-corrected chi connectivity index (χ2v) is 5.87. The number of halogens is 4. The van der Waals surface area contributed by atoms with Gasteiger partial charge in [0.2, 0.25) is 0 Å². The number of alkyl halides is 4. The predicted molar refractivity (Wildman–Crippen MR) is 65.5 cm³/mol. The first kappa shape index (κ1) is 17.4. The van der Waals surface area contributed by atoms with Crippen molar-refractivity contribution in [1.82, 2.24) is 5.32 Å². The lowest BCUT2D eigenvalue weighted by atomic mass is 9.86. The van der Waals surface area contributed by atoms with Crippen molar-refractivity contribution in [2.45, 2.75) is 45.8 Å². The SMILES string of the molecule is CC(C)(C)CC(CC(=O)CBr)NC(=O)C(F)(F)F. The van der Waals surface area contributed by atoms with Gasteiger partial charge in [-0.1, -0.05) is 36.7 Å². The summed E-state index contributed by atoms with van der Waals surface area (Å²) in [5.41, 5.74) is -0.282. The van der Waals surface area contributed by atoms with Crippen molar-refractivity contribution in [2.24, 2.45) is 5.41 Å². The van der Waals surface area contributed by atoms with Crippen molar-refractivity contribution >= 4 is 27.6 Å². The van der Waals surface area contributed by atoms with Crippen LogP contribution in [-0.2, 0) is 9.59 Å². The molecule has 0 aliphatic rings. The van der Waals surface area contributed by atoms with Crippen LogP contribution in [0.15, 0.2) is 0 Å². The number of carbonyl (C=O) groups is 2. The molecule has 0 fully saturated rings. The van der Waals surface area contributed by atoms with Crippen LogP contribution in [0.3, 0.4) is 0 Å². The second-order valence-electron chi connectivity index (χ2n) is 5.31. The van der Waals surface area contributed by atoms with Gasteiger partial charge in [-0.05, 0) is 11.8 Å². The molecule has 1 atom stereocenters. The monoisotopic (exact) mass is 331 g/mol. The van der Waals surface area contributed by atoms with Gasteiger partial charge >= 0.3 is 12.1 Å². The number of nitrogens with one attached hydrogen (secondary N) is 1. The second kappa shape index (κ2) is 6.54. The fourth-order valence-corrected chi connectivity index (χ4v) is 1.74. The topological polar surface area (TPSA) is 46.2 Å². The smallest absolute Gasteiger partial charge is 0.345 e. The molecule has 7 heteroatoms. The summed E-state index contributed by atoms with van der Waals surface area (Å²) in [4.78, 5) is 22.1. The molecule has 0 aromatic rings. The number of amides is 1. The van der Waals surface area contributed by atoms with Gasteiger partial charge in [0.25, 0.3) is 0 Å². The first-order chi connectivity index (χ1) is 7.95. The summed E-state index contributed by atoms with van der Waals surface area (Å²) in [6.45, 7) is 5.50. The lowest BCUT2D eigenvalue weighted by molar-refractivity contribution is -0.174. The summed E-state index contributed by atoms with van der Waals surface area (Å²) in [5.74, 6) is -2.24. The summed E-state index contributed by atoms with van der Waals surface area (Å²) < 4.78 is 36.5. The van der Waals surface area contributed by atoms with Crippen LogP contribution in [0.2, 0.25) is 0 Å². The van der Waals surface area contributed by atoms with E-state index in [-0.39, 0.29) is 22.9 Å². The minimum Gasteiger partial charge on any atom is -0.345 e. The molecule has 0 aliphatic carbocycles. The van der Waals surface area contributed by atoms with Crippen molar-refractivity contribution in [3.8, 4) is 0 Å². The summed E-state index contributed by atoms with van der Waals surface area (Å²) in [6, 6.07) is -0.802. The summed E-state index contributed by atoms with van der Waals surface area (Å²) in [5, 5.41) is 1.94. The third-order valence-electron chi connectivity index (χ3n) is 2.07. The van der Waals surface area contributed by atoms with Crippen molar-refractivity contribution in [2.75, 3.05) is 5.33 Å². The number of Topliss-reactive ketones (excluding diaryl/α,β-unsaturated/α-hetero) is 1. The molecule has 0 saturated heterocycles. The molecular weight excluding hydrogens is 315 g/mol. The lowest BCUT2D eigenvalue weighted by Crippen LogP contribution is -2.45. The normalized spacial score (nSPS) is 14.2. The fraction of sp³-hybridized carbons (Fsp3) is 0.818. The van der Waals surface area contributed by atoms with E-state index in [4.69, 9.17) is 0 Å². The molecule has 18 heavy (non-hydrogen) atoms. The van der Waals surface area contributed by atoms with Crippen LogP contribution < -0.4 is 5.32 Å². The number of hydrogen-bond donors (Lipinski definition) is 1.